The smallest absolute Gasteiger partial charge is 0.197 e. The summed E-state index contributed by atoms with van der Waals surface area (Å²) in [5.74, 6) is 6.54. The van der Waals surface area contributed by atoms with Crippen LogP contribution in [-0.2, 0) is 6.54 Å². The monoisotopic (exact) mass is 258 g/mol. The Morgan fingerprint density at radius 1 is 1.62 bits per heavy atom. The van der Waals surface area contributed by atoms with Crippen molar-refractivity contribution < 1.29 is 0 Å². The first-order valence-electron chi connectivity index (χ1n) is 5.37. The van der Waals surface area contributed by atoms with Crippen molar-refractivity contribution in [2.45, 2.75) is 25.1 Å². The Balaban J connectivity index is 1.94. The van der Waals surface area contributed by atoms with Crippen LogP contribution in [0.1, 0.15) is 18.7 Å². The van der Waals surface area contributed by atoms with E-state index in [2.05, 4.69) is 40.9 Å². The number of rotatable bonds is 3. The summed E-state index contributed by atoms with van der Waals surface area (Å²) in [6, 6.07) is 0. The standard InChI is InChI=1S/C10H18N4S2/c1-10(2)7-14(3-4-15-10)6-8-5-12-9(13-11)16-8/h5H,3-4,6-7,11H2,1-2H3,(H,12,13). The van der Waals surface area contributed by atoms with Crippen LogP contribution in [0.4, 0.5) is 5.13 Å². The molecule has 0 radical (unpaired) electrons. The fourth-order valence-corrected chi connectivity index (χ4v) is 3.86. The zero-order valence-corrected chi connectivity index (χ0v) is 11.3. The van der Waals surface area contributed by atoms with Crippen LogP contribution in [0.25, 0.3) is 0 Å². The topological polar surface area (TPSA) is 54.2 Å². The molecule has 6 heteroatoms. The summed E-state index contributed by atoms with van der Waals surface area (Å²) in [5, 5.41) is 0.792. The van der Waals surface area contributed by atoms with Crippen molar-refractivity contribution in [3.05, 3.63) is 11.1 Å². The van der Waals surface area contributed by atoms with Crippen LogP contribution < -0.4 is 11.3 Å². The van der Waals surface area contributed by atoms with Crippen LogP contribution >= 0.6 is 23.1 Å². The van der Waals surface area contributed by atoms with Crippen molar-refractivity contribution >= 4 is 28.2 Å². The normalized spacial score (nSPS) is 20.9. The van der Waals surface area contributed by atoms with Crippen molar-refractivity contribution in [1.29, 1.82) is 0 Å². The lowest BCUT2D eigenvalue weighted by Gasteiger charge is -2.37. The highest BCUT2D eigenvalue weighted by atomic mass is 32.2. The molecule has 90 valence electrons. The predicted molar refractivity (Wildman–Crippen MR) is 71.7 cm³/mol. The van der Waals surface area contributed by atoms with Gasteiger partial charge in [0.15, 0.2) is 5.13 Å². The maximum atomic E-state index is 5.32. The summed E-state index contributed by atoms with van der Waals surface area (Å²) in [7, 11) is 0. The van der Waals surface area contributed by atoms with Crippen molar-refractivity contribution in [3.63, 3.8) is 0 Å². The second kappa shape index (κ2) is 4.91. The molecule has 2 heterocycles. The summed E-state index contributed by atoms with van der Waals surface area (Å²) in [6.07, 6.45) is 1.91. The number of hydrogen-bond donors (Lipinski definition) is 2. The van der Waals surface area contributed by atoms with Crippen molar-refractivity contribution in [2.75, 3.05) is 24.3 Å². The van der Waals surface area contributed by atoms with Crippen LogP contribution in [0.5, 0.6) is 0 Å². The SMILES string of the molecule is CC1(C)CN(Cc2cnc(NN)s2)CCS1. The molecule has 1 fully saturated rings. The Morgan fingerprint density at radius 2 is 2.44 bits per heavy atom. The van der Waals surface area contributed by atoms with Gasteiger partial charge in [-0.3, -0.25) is 10.3 Å². The Labute approximate surface area is 105 Å². The zero-order chi connectivity index (χ0) is 11.6. The number of thioether (sulfide) groups is 1. The molecule has 0 atom stereocenters. The molecule has 4 nitrogen and oxygen atoms in total. The molecule has 0 bridgehead atoms. The van der Waals surface area contributed by atoms with Gasteiger partial charge in [0.05, 0.1) is 0 Å². The third kappa shape index (κ3) is 3.10. The molecule has 16 heavy (non-hydrogen) atoms. The van der Waals surface area contributed by atoms with E-state index in [0.717, 1.165) is 24.8 Å². The summed E-state index contributed by atoms with van der Waals surface area (Å²) < 4.78 is 0.373. The molecule has 1 aromatic heterocycles. The largest absolute Gasteiger partial charge is 0.300 e. The van der Waals surface area contributed by atoms with Gasteiger partial charge in [0.25, 0.3) is 0 Å². The van der Waals surface area contributed by atoms with Crippen LogP contribution in [0, 0.1) is 0 Å². The molecular weight excluding hydrogens is 240 g/mol. The first-order valence-corrected chi connectivity index (χ1v) is 7.17. The van der Waals surface area contributed by atoms with Gasteiger partial charge in [0, 0.05) is 41.2 Å². The second-order valence-corrected chi connectivity index (χ2v) is 7.51. The minimum Gasteiger partial charge on any atom is -0.300 e. The zero-order valence-electron chi connectivity index (χ0n) is 9.69. The van der Waals surface area contributed by atoms with Gasteiger partial charge < -0.3 is 0 Å². The molecule has 1 saturated heterocycles. The van der Waals surface area contributed by atoms with E-state index in [9.17, 15) is 0 Å². The maximum absolute atomic E-state index is 5.32. The van der Waals surface area contributed by atoms with Crippen LogP contribution in [0.15, 0.2) is 6.20 Å². The van der Waals surface area contributed by atoms with Gasteiger partial charge in [-0.25, -0.2) is 10.8 Å². The molecule has 0 unspecified atom stereocenters. The predicted octanol–water partition coefficient (Wildman–Crippen LogP) is 1.76. The quantitative estimate of drug-likeness (QED) is 0.639. The molecule has 3 N–H and O–H groups in total. The first-order chi connectivity index (χ1) is 7.59. The highest BCUT2D eigenvalue weighted by molar-refractivity contribution is 8.00. The number of nitrogens with one attached hydrogen (secondary N) is 1. The fourth-order valence-electron chi connectivity index (χ4n) is 1.92. The highest BCUT2D eigenvalue weighted by Crippen LogP contribution is 2.30. The van der Waals surface area contributed by atoms with E-state index in [1.54, 1.807) is 11.3 Å². The van der Waals surface area contributed by atoms with E-state index in [1.807, 2.05) is 6.20 Å². The third-order valence-corrected chi connectivity index (χ3v) is 4.77. The molecule has 2 rings (SSSR count). The molecule has 0 saturated carbocycles. The van der Waals surface area contributed by atoms with Gasteiger partial charge >= 0.3 is 0 Å². The molecule has 1 aliphatic rings. The summed E-state index contributed by atoms with van der Waals surface area (Å²) >= 11 is 3.69. The molecule has 0 spiro atoms. The third-order valence-electron chi connectivity index (χ3n) is 2.56. The Morgan fingerprint density at radius 3 is 3.06 bits per heavy atom. The van der Waals surface area contributed by atoms with Crippen LogP contribution in [0.3, 0.4) is 0 Å². The Hall–Kier alpha value is -0.300. The molecule has 1 aromatic rings. The van der Waals surface area contributed by atoms with Gasteiger partial charge in [-0.2, -0.15) is 11.8 Å². The van der Waals surface area contributed by atoms with Gasteiger partial charge in [-0.15, -0.1) is 0 Å². The number of nitrogen functional groups attached to an aromatic ring is 1. The van der Waals surface area contributed by atoms with E-state index in [4.69, 9.17) is 5.84 Å². The van der Waals surface area contributed by atoms with E-state index in [1.165, 1.54) is 10.6 Å². The summed E-state index contributed by atoms with van der Waals surface area (Å²) in [5.41, 5.74) is 2.59. The molecule has 0 aromatic carbocycles. The lowest BCUT2D eigenvalue weighted by molar-refractivity contribution is 0.254. The average molecular weight is 258 g/mol. The lowest BCUT2D eigenvalue weighted by Crippen LogP contribution is -2.42. The van der Waals surface area contributed by atoms with E-state index in [0.29, 0.717) is 4.75 Å². The van der Waals surface area contributed by atoms with Gasteiger partial charge in [-0.05, 0) is 13.8 Å². The van der Waals surface area contributed by atoms with E-state index >= 15 is 0 Å². The Bertz CT molecular complexity index is 350. The van der Waals surface area contributed by atoms with Crippen LogP contribution in [-0.4, -0.2) is 33.5 Å². The van der Waals surface area contributed by atoms with Crippen molar-refractivity contribution in [3.8, 4) is 0 Å². The first kappa shape index (κ1) is 12.2. The summed E-state index contributed by atoms with van der Waals surface area (Å²) in [4.78, 5) is 7.95. The van der Waals surface area contributed by atoms with Gasteiger partial charge in [-0.1, -0.05) is 11.3 Å². The molecule has 0 aliphatic carbocycles. The number of nitrogens with two attached hydrogens (primary N) is 1. The van der Waals surface area contributed by atoms with Gasteiger partial charge in [0.1, 0.15) is 0 Å². The van der Waals surface area contributed by atoms with E-state index < -0.39 is 0 Å². The highest BCUT2D eigenvalue weighted by Gasteiger charge is 2.27. The van der Waals surface area contributed by atoms with Crippen LogP contribution in [0.2, 0.25) is 0 Å². The minimum absolute atomic E-state index is 0.373. The molecule has 0 amide bonds. The maximum Gasteiger partial charge on any atom is 0.197 e. The lowest BCUT2D eigenvalue weighted by atomic mass is 10.2. The number of hydrogen-bond acceptors (Lipinski definition) is 6. The number of thiazole rings is 1. The number of nitrogens with zero attached hydrogens (tertiary/aromatic N) is 2. The van der Waals surface area contributed by atoms with Crippen molar-refractivity contribution in [1.82, 2.24) is 9.88 Å². The fraction of sp³-hybridized carbons (Fsp3) is 0.700. The summed E-state index contributed by atoms with van der Waals surface area (Å²) in [6.45, 7) is 7.91. The van der Waals surface area contributed by atoms with Crippen molar-refractivity contribution in [2.24, 2.45) is 5.84 Å². The number of anilines is 1. The average Bonchev–Trinajstić information content (AvgIpc) is 2.64. The number of aromatic nitrogens is 1. The number of hydrazine groups is 1. The molecular formula is C10H18N4S2. The minimum atomic E-state index is 0.373. The second-order valence-electron chi connectivity index (χ2n) is 4.59. The van der Waals surface area contributed by atoms with E-state index in [-0.39, 0.29) is 0 Å². The Kier molecular flexibility index (Phi) is 3.73. The van der Waals surface area contributed by atoms with Gasteiger partial charge in [0.2, 0.25) is 0 Å². The molecule has 1 aliphatic heterocycles.